The van der Waals surface area contributed by atoms with Gasteiger partial charge in [0.15, 0.2) is 0 Å². The van der Waals surface area contributed by atoms with E-state index >= 15 is 0 Å². The third-order valence-electron chi connectivity index (χ3n) is 2.57. The van der Waals surface area contributed by atoms with Gasteiger partial charge < -0.3 is 21.3 Å². The largest absolute Gasteiger partial charge is 0.314 e. The van der Waals surface area contributed by atoms with Crippen molar-refractivity contribution in [2.45, 2.75) is 13.8 Å². The third-order valence-corrected chi connectivity index (χ3v) is 2.57. The molecule has 0 unspecified atom stereocenters. The van der Waals surface area contributed by atoms with Gasteiger partial charge >= 0.3 is 0 Å². The summed E-state index contributed by atoms with van der Waals surface area (Å²) in [4.78, 5) is 0. The predicted molar refractivity (Wildman–Crippen MR) is 119 cm³/mol. The lowest BCUT2D eigenvalue weighted by Gasteiger charge is -1.98. The second-order valence-electron chi connectivity index (χ2n) is 4.35. The summed E-state index contributed by atoms with van der Waals surface area (Å²) in [5.74, 6) is 0. The fourth-order valence-corrected chi connectivity index (χ4v) is 1.46. The standard InChI is InChI=1S/C16H32N4.4ClH/c1-3-17-11-5-7-13-19-15-9-10-16-20-14-8-6-12-18-4-2;;;;/h5-10,17-20H,3-4,11-16H2,1-2H3;4*1H/b7-5-,8-6-,10-9-;;;;. The van der Waals surface area contributed by atoms with Gasteiger partial charge in [-0.2, -0.15) is 0 Å². The van der Waals surface area contributed by atoms with Crippen molar-refractivity contribution in [3.63, 3.8) is 0 Å². The van der Waals surface area contributed by atoms with E-state index in [2.05, 4.69) is 71.6 Å². The van der Waals surface area contributed by atoms with E-state index in [1.807, 2.05) is 0 Å². The molecule has 8 heteroatoms. The van der Waals surface area contributed by atoms with Gasteiger partial charge in [-0.25, -0.2) is 0 Å². The van der Waals surface area contributed by atoms with E-state index in [1.54, 1.807) is 0 Å². The minimum Gasteiger partial charge on any atom is -0.314 e. The first-order valence-electron chi connectivity index (χ1n) is 7.69. The molecule has 0 rings (SSSR count). The van der Waals surface area contributed by atoms with Crippen LogP contribution in [0.1, 0.15) is 13.8 Å². The summed E-state index contributed by atoms with van der Waals surface area (Å²) < 4.78 is 0. The van der Waals surface area contributed by atoms with Crippen molar-refractivity contribution in [2.24, 2.45) is 0 Å². The molecule has 0 aromatic carbocycles. The number of rotatable bonds is 14. The average molecular weight is 426 g/mol. The molecule has 0 amide bonds. The van der Waals surface area contributed by atoms with Crippen molar-refractivity contribution in [3.05, 3.63) is 36.5 Å². The Balaban J connectivity index is -0.000000301. The molecule has 0 radical (unpaired) electrons. The van der Waals surface area contributed by atoms with Crippen LogP contribution in [-0.2, 0) is 0 Å². The molecular weight excluding hydrogens is 390 g/mol. The number of hydrogen-bond donors (Lipinski definition) is 4. The van der Waals surface area contributed by atoms with E-state index in [1.165, 1.54) is 0 Å². The van der Waals surface area contributed by atoms with Crippen molar-refractivity contribution in [1.82, 2.24) is 21.3 Å². The predicted octanol–water partition coefficient (Wildman–Crippen LogP) is 2.74. The first-order valence-corrected chi connectivity index (χ1v) is 7.69. The molecule has 0 aliphatic heterocycles. The summed E-state index contributed by atoms with van der Waals surface area (Å²) in [6, 6.07) is 0. The van der Waals surface area contributed by atoms with E-state index in [0.29, 0.717) is 0 Å². The first-order chi connectivity index (χ1) is 9.91. The van der Waals surface area contributed by atoms with Gasteiger partial charge in [0.2, 0.25) is 0 Å². The fraction of sp³-hybridized carbons (Fsp3) is 0.625. The summed E-state index contributed by atoms with van der Waals surface area (Å²) in [5.41, 5.74) is 0. The van der Waals surface area contributed by atoms with Crippen LogP contribution in [0.5, 0.6) is 0 Å². The molecule has 4 N–H and O–H groups in total. The highest BCUT2D eigenvalue weighted by atomic mass is 35.5. The van der Waals surface area contributed by atoms with Crippen LogP contribution >= 0.6 is 49.6 Å². The van der Waals surface area contributed by atoms with Crippen LogP contribution in [0.2, 0.25) is 0 Å². The van der Waals surface area contributed by atoms with E-state index in [4.69, 9.17) is 0 Å². The quantitative estimate of drug-likeness (QED) is 0.255. The summed E-state index contributed by atoms with van der Waals surface area (Å²) in [6.07, 6.45) is 12.9. The van der Waals surface area contributed by atoms with E-state index in [0.717, 1.165) is 52.4 Å². The Kier molecular flexibility index (Phi) is 50.9. The maximum absolute atomic E-state index is 3.34. The van der Waals surface area contributed by atoms with Gasteiger partial charge in [-0.1, -0.05) is 50.3 Å². The zero-order valence-corrected chi connectivity index (χ0v) is 18.0. The fourth-order valence-electron chi connectivity index (χ4n) is 1.46. The van der Waals surface area contributed by atoms with E-state index in [9.17, 15) is 0 Å². The molecule has 0 saturated carbocycles. The highest BCUT2D eigenvalue weighted by Gasteiger charge is 1.80. The number of likely N-dealkylation sites (N-methyl/N-ethyl adjacent to an activating group) is 2. The zero-order valence-electron chi connectivity index (χ0n) is 14.8. The van der Waals surface area contributed by atoms with Crippen molar-refractivity contribution in [3.8, 4) is 0 Å². The van der Waals surface area contributed by atoms with Crippen molar-refractivity contribution in [1.29, 1.82) is 0 Å². The second-order valence-corrected chi connectivity index (χ2v) is 4.35. The Hall–Kier alpha value is 0.220. The molecule has 0 spiro atoms. The molecule has 0 bridgehead atoms. The van der Waals surface area contributed by atoms with Crippen LogP contribution < -0.4 is 21.3 Å². The third kappa shape index (κ3) is 33.7. The Morgan fingerprint density at radius 1 is 0.417 bits per heavy atom. The Bertz CT molecular complexity index is 249. The molecule has 148 valence electrons. The molecule has 0 saturated heterocycles. The molecular formula is C16H36Cl4N4. The first kappa shape index (κ1) is 35.4. The van der Waals surface area contributed by atoms with Crippen LogP contribution in [0.25, 0.3) is 0 Å². The lowest BCUT2D eigenvalue weighted by Crippen LogP contribution is -2.17. The molecule has 0 aromatic rings. The van der Waals surface area contributed by atoms with Gasteiger partial charge in [-0.3, -0.25) is 0 Å². The number of halogens is 4. The Labute approximate surface area is 173 Å². The molecule has 0 heterocycles. The van der Waals surface area contributed by atoms with Crippen molar-refractivity contribution < 1.29 is 0 Å². The monoisotopic (exact) mass is 424 g/mol. The van der Waals surface area contributed by atoms with Crippen LogP contribution in [0.4, 0.5) is 0 Å². The average Bonchev–Trinajstić information content (AvgIpc) is 2.47. The molecule has 0 aliphatic carbocycles. The Morgan fingerprint density at radius 3 is 0.833 bits per heavy atom. The van der Waals surface area contributed by atoms with E-state index in [-0.39, 0.29) is 49.6 Å². The lowest BCUT2D eigenvalue weighted by atomic mass is 10.4. The molecule has 4 nitrogen and oxygen atoms in total. The van der Waals surface area contributed by atoms with Crippen LogP contribution in [-0.4, -0.2) is 52.4 Å². The highest BCUT2D eigenvalue weighted by molar-refractivity contribution is 5.86. The van der Waals surface area contributed by atoms with Gasteiger partial charge in [-0.15, -0.1) is 49.6 Å². The molecule has 0 aromatic heterocycles. The van der Waals surface area contributed by atoms with Gasteiger partial charge in [0.1, 0.15) is 0 Å². The Morgan fingerprint density at radius 2 is 0.625 bits per heavy atom. The maximum atomic E-state index is 3.34. The second kappa shape index (κ2) is 34.5. The normalized spacial score (nSPS) is 10.2. The molecule has 0 atom stereocenters. The lowest BCUT2D eigenvalue weighted by molar-refractivity contribution is 0.787. The zero-order chi connectivity index (χ0) is 14.7. The maximum Gasteiger partial charge on any atom is 0.0138 e. The van der Waals surface area contributed by atoms with Crippen molar-refractivity contribution >= 4 is 49.6 Å². The van der Waals surface area contributed by atoms with Gasteiger partial charge in [0.05, 0.1) is 0 Å². The smallest absolute Gasteiger partial charge is 0.0138 e. The van der Waals surface area contributed by atoms with Gasteiger partial charge in [0.25, 0.3) is 0 Å². The minimum atomic E-state index is 0. The molecule has 0 aliphatic rings. The topological polar surface area (TPSA) is 48.1 Å². The van der Waals surface area contributed by atoms with Crippen LogP contribution in [0, 0.1) is 0 Å². The van der Waals surface area contributed by atoms with Gasteiger partial charge in [-0.05, 0) is 13.1 Å². The highest BCUT2D eigenvalue weighted by Crippen LogP contribution is 1.74. The minimum absolute atomic E-state index is 0. The van der Waals surface area contributed by atoms with Crippen LogP contribution in [0.3, 0.4) is 0 Å². The van der Waals surface area contributed by atoms with Gasteiger partial charge in [0, 0.05) is 39.3 Å². The summed E-state index contributed by atoms with van der Waals surface area (Å²) in [7, 11) is 0. The van der Waals surface area contributed by atoms with E-state index < -0.39 is 0 Å². The SMILES string of the molecule is CCNC/C=C\CNC/C=C\CNC/C=C\CNCC.Cl.Cl.Cl.Cl. The number of nitrogens with one attached hydrogen (secondary N) is 4. The molecule has 24 heavy (non-hydrogen) atoms. The summed E-state index contributed by atoms with van der Waals surface area (Å²) in [6.45, 7) is 11.9. The van der Waals surface area contributed by atoms with Crippen LogP contribution in [0.15, 0.2) is 36.5 Å². The number of hydrogen-bond acceptors (Lipinski definition) is 4. The van der Waals surface area contributed by atoms with Crippen molar-refractivity contribution in [2.75, 3.05) is 52.4 Å². The summed E-state index contributed by atoms with van der Waals surface area (Å²) in [5, 5.41) is 13.2. The molecule has 0 fully saturated rings. The summed E-state index contributed by atoms with van der Waals surface area (Å²) >= 11 is 0.